The number of aryl methyl sites for hydroxylation is 1. The Labute approximate surface area is 128 Å². The molecule has 0 aromatic heterocycles. The Balaban J connectivity index is 2.83. The minimum atomic E-state index is -3.65. The molecule has 1 rings (SSSR count). The lowest BCUT2D eigenvalue weighted by atomic mass is 10.2. The first-order chi connectivity index (χ1) is 8.74. The smallest absolute Gasteiger partial charge is 0.303 e. The highest BCUT2D eigenvalue weighted by atomic mass is 79.9. The Kier molecular flexibility index (Phi) is 5.97. The molecule has 0 saturated heterocycles. The molecule has 0 aliphatic carbocycles. The maximum atomic E-state index is 12.1. The SMILES string of the molecule is Cc1cc(Br)c(S(=O)(=O)NCCCC(=O)O)cc1Br. The van der Waals surface area contributed by atoms with Crippen LogP contribution in [0.3, 0.4) is 0 Å². The van der Waals surface area contributed by atoms with Gasteiger partial charge in [-0.25, -0.2) is 13.1 Å². The van der Waals surface area contributed by atoms with Crippen LogP contribution in [0.5, 0.6) is 0 Å². The molecule has 2 N–H and O–H groups in total. The van der Waals surface area contributed by atoms with E-state index in [-0.39, 0.29) is 24.3 Å². The fraction of sp³-hybridized carbons (Fsp3) is 0.364. The van der Waals surface area contributed by atoms with E-state index in [0.717, 1.165) is 5.56 Å². The van der Waals surface area contributed by atoms with Gasteiger partial charge in [0.2, 0.25) is 10.0 Å². The fourth-order valence-electron chi connectivity index (χ4n) is 1.36. The third kappa shape index (κ3) is 4.87. The molecule has 1 aromatic carbocycles. The lowest BCUT2D eigenvalue weighted by Crippen LogP contribution is -2.25. The number of nitrogens with one attached hydrogen (secondary N) is 1. The average molecular weight is 415 g/mol. The Morgan fingerprint density at radius 2 is 1.95 bits per heavy atom. The second-order valence-corrected chi connectivity index (χ2v) is 7.37. The van der Waals surface area contributed by atoms with Crippen LogP contribution in [0.15, 0.2) is 26.0 Å². The van der Waals surface area contributed by atoms with Crippen molar-refractivity contribution in [1.82, 2.24) is 4.72 Å². The highest BCUT2D eigenvalue weighted by Gasteiger charge is 2.18. The summed E-state index contributed by atoms with van der Waals surface area (Å²) >= 11 is 6.50. The van der Waals surface area contributed by atoms with Gasteiger partial charge in [-0.2, -0.15) is 0 Å². The van der Waals surface area contributed by atoms with Crippen molar-refractivity contribution < 1.29 is 18.3 Å². The molecule has 5 nitrogen and oxygen atoms in total. The number of sulfonamides is 1. The van der Waals surface area contributed by atoms with Crippen LogP contribution in [-0.4, -0.2) is 26.0 Å². The second-order valence-electron chi connectivity index (χ2n) is 3.93. The summed E-state index contributed by atoms with van der Waals surface area (Å²) in [7, 11) is -3.65. The highest BCUT2D eigenvalue weighted by Crippen LogP contribution is 2.28. The van der Waals surface area contributed by atoms with Crippen molar-refractivity contribution in [1.29, 1.82) is 0 Å². The van der Waals surface area contributed by atoms with Gasteiger partial charge >= 0.3 is 5.97 Å². The molecular weight excluding hydrogens is 402 g/mol. The normalized spacial score (nSPS) is 11.5. The Hall–Kier alpha value is -0.440. The van der Waals surface area contributed by atoms with E-state index in [1.807, 2.05) is 6.92 Å². The van der Waals surface area contributed by atoms with Gasteiger partial charge in [0.1, 0.15) is 0 Å². The van der Waals surface area contributed by atoms with E-state index in [2.05, 4.69) is 36.6 Å². The van der Waals surface area contributed by atoms with Gasteiger partial charge in [0.05, 0.1) is 4.90 Å². The minimum Gasteiger partial charge on any atom is -0.481 e. The van der Waals surface area contributed by atoms with E-state index in [1.165, 1.54) is 6.07 Å². The van der Waals surface area contributed by atoms with Crippen LogP contribution in [-0.2, 0) is 14.8 Å². The number of benzene rings is 1. The Morgan fingerprint density at radius 1 is 1.32 bits per heavy atom. The molecular formula is C11H13Br2NO4S. The van der Waals surface area contributed by atoms with Crippen LogP contribution in [0.1, 0.15) is 18.4 Å². The van der Waals surface area contributed by atoms with Gasteiger partial charge in [0.15, 0.2) is 0 Å². The third-order valence-corrected chi connectivity index (χ3v) is 5.64. The van der Waals surface area contributed by atoms with Crippen molar-refractivity contribution in [2.75, 3.05) is 6.54 Å². The van der Waals surface area contributed by atoms with Crippen molar-refractivity contribution >= 4 is 47.9 Å². The first-order valence-electron chi connectivity index (χ1n) is 5.41. The summed E-state index contributed by atoms with van der Waals surface area (Å²) in [4.78, 5) is 10.5. The second kappa shape index (κ2) is 6.83. The average Bonchev–Trinajstić information content (AvgIpc) is 2.29. The molecule has 0 spiro atoms. The molecule has 0 aliphatic heterocycles. The molecule has 19 heavy (non-hydrogen) atoms. The fourth-order valence-corrected chi connectivity index (χ4v) is 4.11. The van der Waals surface area contributed by atoms with Gasteiger partial charge in [-0.05, 0) is 47.0 Å². The third-order valence-electron chi connectivity index (χ3n) is 2.36. The number of carboxylic acid groups (broad SMARTS) is 1. The van der Waals surface area contributed by atoms with E-state index < -0.39 is 16.0 Å². The number of carbonyl (C=O) groups is 1. The summed E-state index contributed by atoms with van der Waals surface area (Å²) in [5, 5.41) is 8.48. The van der Waals surface area contributed by atoms with Crippen molar-refractivity contribution in [3.05, 3.63) is 26.6 Å². The van der Waals surface area contributed by atoms with Gasteiger partial charge in [-0.3, -0.25) is 4.79 Å². The maximum absolute atomic E-state index is 12.1. The molecule has 0 bridgehead atoms. The van der Waals surface area contributed by atoms with Crippen LogP contribution < -0.4 is 4.72 Å². The van der Waals surface area contributed by atoms with E-state index >= 15 is 0 Å². The van der Waals surface area contributed by atoms with Gasteiger partial charge in [-0.1, -0.05) is 15.9 Å². The predicted octanol–water partition coefficient (Wildman–Crippen LogP) is 2.66. The van der Waals surface area contributed by atoms with Crippen LogP contribution >= 0.6 is 31.9 Å². The zero-order chi connectivity index (χ0) is 14.6. The molecule has 8 heteroatoms. The van der Waals surface area contributed by atoms with Crippen LogP contribution in [0, 0.1) is 6.92 Å². The van der Waals surface area contributed by atoms with E-state index in [1.54, 1.807) is 6.07 Å². The molecule has 0 aliphatic rings. The standard InChI is InChI=1S/C11H13Br2NO4S/c1-7-5-9(13)10(6-8(7)12)19(17,18)14-4-2-3-11(15)16/h5-6,14H,2-4H2,1H3,(H,15,16). The zero-order valence-electron chi connectivity index (χ0n) is 10.1. The van der Waals surface area contributed by atoms with Gasteiger partial charge in [0, 0.05) is 21.9 Å². The van der Waals surface area contributed by atoms with E-state index in [0.29, 0.717) is 8.95 Å². The van der Waals surface area contributed by atoms with Crippen LogP contribution in [0.25, 0.3) is 0 Å². The first kappa shape index (κ1) is 16.6. The Bertz CT molecular complexity index is 587. The van der Waals surface area contributed by atoms with Crippen molar-refractivity contribution in [3.63, 3.8) is 0 Å². The quantitative estimate of drug-likeness (QED) is 0.701. The number of hydrogen-bond donors (Lipinski definition) is 2. The number of carboxylic acids is 1. The van der Waals surface area contributed by atoms with E-state index in [4.69, 9.17) is 5.11 Å². The Morgan fingerprint density at radius 3 is 2.53 bits per heavy atom. The summed E-state index contributed by atoms with van der Waals surface area (Å²) in [5.74, 6) is -0.946. The molecule has 0 saturated carbocycles. The molecule has 0 heterocycles. The van der Waals surface area contributed by atoms with Crippen molar-refractivity contribution in [2.45, 2.75) is 24.7 Å². The number of halogens is 2. The summed E-state index contributed by atoms with van der Waals surface area (Å²) in [5.41, 5.74) is 0.914. The minimum absolute atomic E-state index is 0.0682. The summed E-state index contributed by atoms with van der Waals surface area (Å²) in [6, 6.07) is 3.22. The van der Waals surface area contributed by atoms with Crippen molar-refractivity contribution in [3.8, 4) is 0 Å². The van der Waals surface area contributed by atoms with Gasteiger partial charge in [-0.15, -0.1) is 0 Å². The maximum Gasteiger partial charge on any atom is 0.303 e. The van der Waals surface area contributed by atoms with E-state index in [9.17, 15) is 13.2 Å². The molecule has 0 radical (unpaired) electrons. The summed E-state index contributed by atoms with van der Waals surface area (Å²) in [6.45, 7) is 1.94. The molecule has 0 fully saturated rings. The number of hydrogen-bond acceptors (Lipinski definition) is 3. The zero-order valence-corrected chi connectivity index (χ0v) is 14.1. The highest BCUT2D eigenvalue weighted by molar-refractivity contribution is 9.11. The molecule has 0 atom stereocenters. The van der Waals surface area contributed by atoms with Gasteiger partial charge < -0.3 is 5.11 Å². The van der Waals surface area contributed by atoms with Crippen LogP contribution in [0.4, 0.5) is 0 Å². The lowest BCUT2D eigenvalue weighted by molar-refractivity contribution is -0.137. The largest absolute Gasteiger partial charge is 0.481 e. The molecule has 0 unspecified atom stereocenters. The van der Waals surface area contributed by atoms with Crippen molar-refractivity contribution in [2.24, 2.45) is 0 Å². The molecule has 106 valence electrons. The summed E-state index contributed by atoms with van der Waals surface area (Å²) in [6.07, 6.45) is 0.181. The number of rotatable bonds is 6. The van der Waals surface area contributed by atoms with Gasteiger partial charge in [0.25, 0.3) is 0 Å². The topological polar surface area (TPSA) is 83.5 Å². The van der Waals surface area contributed by atoms with Crippen LogP contribution in [0.2, 0.25) is 0 Å². The molecule has 0 amide bonds. The number of aliphatic carboxylic acids is 1. The predicted molar refractivity (Wildman–Crippen MR) is 78.6 cm³/mol. The first-order valence-corrected chi connectivity index (χ1v) is 8.48. The lowest BCUT2D eigenvalue weighted by Gasteiger charge is -2.10. The monoisotopic (exact) mass is 413 g/mol. The summed E-state index contributed by atoms with van der Waals surface area (Å²) < 4.78 is 27.6. The molecule has 1 aromatic rings.